The first-order chi connectivity index (χ1) is 8.65. The molecular formula is C12H17ClN2O3. The molecule has 0 fully saturated rings. The van der Waals surface area contributed by atoms with E-state index in [1.165, 1.54) is 0 Å². The number of nitrogen functional groups attached to an aromatic ring is 1. The first-order valence-corrected chi connectivity index (χ1v) is 5.93. The standard InChI is InChI=1S/C12H17ClN2O3/c1-17-6-7-18-5-4-15-12(16)10-3-2-9(14)8-11(10)13/h2-3,8H,4-7,14H2,1H3,(H,15,16). The molecule has 1 aromatic rings. The van der Waals surface area contributed by atoms with E-state index in [2.05, 4.69) is 5.32 Å². The van der Waals surface area contributed by atoms with Gasteiger partial charge < -0.3 is 20.5 Å². The molecule has 0 saturated heterocycles. The number of nitrogens with one attached hydrogen (secondary N) is 1. The molecule has 3 N–H and O–H groups in total. The molecule has 5 nitrogen and oxygen atoms in total. The quantitative estimate of drug-likeness (QED) is 0.580. The van der Waals surface area contributed by atoms with E-state index < -0.39 is 0 Å². The topological polar surface area (TPSA) is 73.6 Å². The molecule has 0 bridgehead atoms. The highest BCUT2D eigenvalue weighted by Gasteiger charge is 2.09. The maximum absolute atomic E-state index is 11.7. The van der Waals surface area contributed by atoms with Gasteiger partial charge in [-0.2, -0.15) is 0 Å². The zero-order valence-corrected chi connectivity index (χ0v) is 11.0. The molecule has 0 radical (unpaired) electrons. The van der Waals surface area contributed by atoms with Gasteiger partial charge in [0.15, 0.2) is 0 Å². The van der Waals surface area contributed by atoms with Crippen molar-refractivity contribution >= 4 is 23.2 Å². The van der Waals surface area contributed by atoms with Crippen LogP contribution in [0.3, 0.4) is 0 Å². The fourth-order valence-corrected chi connectivity index (χ4v) is 1.57. The molecule has 1 rings (SSSR count). The monoisotopic (exact) mass is 272 g/mol. The van der Waals surface area contributed by atoms with Crippen molar-refractivity contribution in [1.82, 2.24) is 5.32 Å². The molecule has 0 aromatic heterocycles. The minimum atomic E-state index is -0.240. The summed E-state index contributed by atoms with van der Waals surface area (Å²) in [6.45, 7) is 1.90. The van der Waals surface area contributed by atoms with Gasteiger partial charge in [-0.3, -0.25) is 4.79 Å². The zero-order chi connectivity index (χ0) is 13.4. The summed E-state index contributed by atoms with van der Waals surface area (Å²) in [7, 11) is 1.61. The molecule has 18 heavy (non-hydrogen) atoms. The number of benzene rings is 1. The summed E-state index contributed by atoms with van der Waals surface area (Å²) < 4.78 is 10.0. The highest BCUT2D eigenvalue weighted by molar-refractivity contribution is 6.34. The molecular weight excluding hydrogens is 256 g/mol. The van der Waals surface area contributed by atoms with Crippen LogP contribution in [0.5, 0.6) is 0 Å². The van der Waals surface area contributed by atoms with Gasteiger partial charge in [-0.1, -0.05) is 11.6 Å². The maximum Gasteiger partial charge on any atom is 0.252 e. The zero-order valence-electron chi connectivity index (χ0n) is 10.2. The molecule has 0 aliphatic heterocycles. The second-order valence-electron chi connectivity index (χ2n) is 3.60. The SMILES string of the molecule is COCCOCCNC(=O)c1ccc(N)cc1Cl. The van der Waals surface area contributed by atoms with E-state index in [9.17, 15) is 4.79 Å². The lowest BCUT2D eigenvalue weighted by Crippen LogP contribution is -2.27. The van der Waals surface area contributed by atoms with E-state index in [0.717, 1.165) is 0 Å². The average molecular weight is 273 g/mol. The Hall–Kier alpha value is -1.30. The van der Waals surface area contributed by atoms with Crippen molar-refractivity contribution in [2.45, 2.75) is 0 Å². The summed E-state index contributed by atoms with van der Waals surface area (Å²) in [6.07, 6.45) is 0. The summed E-state index contributed by atoms with van der Waals surface area (Å²) >= 11 is 5.92. The van der Waals surface area contributed by atoms with Crippen molar-refractivity contribution in [2.24, 2.45) is 0 Å². The van der Waals surface area contributed by atoms with Crippen molar-refractivity contribution in [3.05, 3.63) is 28.8 Å². The fraction of sp³-hybridized carbons (Fsp3) is 0.417. The van der Waals surface area contributed by atoms with Crippen LogP contribution in [0.15, 0.2) is 18.2 Å². The van der Waals surface area contributed by atoms with Gasteiger partial charge in [0.05, 0.1) is 30.4 Å². The Morgan fingerprint density at radius 1 is 1.39 bits per heavy atom. The largest absolute Gasteiger partial charge is 0.399 e. The van der Waals surface area contributed by atoms with Crippen LogP contribution in [0.25, 0.3) is 0 Å². The van der Waals surface area contributed by atoms with Gasteiger partial charge in [-0.25, -0.2) is 0 Å². The minimum Gasteiger partial charge on any atom is -0.399 e. The number of carbonyl (C=O) groups excluding carboxylic acids is 1. The van der Waals surface area contributed by atoms with Gasteiger partial charge in [-0.15, -0.1) is 0 Å². The third-order valence-electron chi connectivity index (χ3n) is 2.20. The van der Waals surface area contributed by atoms with Crippen molar-refractivity contribution in [3.63, 3.8) is 0 Å². The highest BCUT2D eigenvalue weighted by atomic mass is 35.5. The molecule has 0 heterocycles. The number of halogens is 1. The summed E-state index contributed by atoms with van der Waals surface area (Å²) in [4.78, 5) is 11.7. The van der Waals surface area contributed by atoms with E-state index >= 15 is 0 Å². The molecule has 0 unspecified atom stereocenters. The van der Waals surface area contributed by atoms with Crippen LogP contribution in [0.4, 0.5) is 5.69 Å². The number of ether oxygens (including phenoxy) is 2. The number of nitrogens with two attached hydrogens (primary N) is 1. The number of hydrogen-bond donors (Lipinski definition) is 2. The predicted octanol–water partition coefficient (Wildman–Crippen LogP) is 1.31. The molecule has 0 atom stereocenters. The van der Waals surface area contributed by atoms with Crippen molar-refractivity contribution in [3.8, 4) is 0 Å². The Balaban J connectivity index is 2.32. The Labute approximate surface area is 111 Å². The van der Waals surface area contributed by atoms with E-state index in [0.29, 0.717) is 42.6 Å². The highest BCUT2D eigenvalue weighted by Crippen LogP contribution is 2.18. The third-order valence-corrected chi connectivity index (χ3v) is 2.51. The van der Waals surface area contributed by atoms with Crippen LogP contribution in [-0.2, 0) is 9.47 Å². The summed E-state index contributed by atoms with van der Waals surface area (Å²) in [5.41, 5.74) is 6.48. The van der Waals surface area contributed by atoms with Gasteiger partial charge in [0, 0.05) is 19.3 Å². The van der Waals surface area contributed by atoms with Crippen LogP contribution in [0.2, 0.25) is 5.02 Å². The molecule has 100 valence electrons. The smallest absolute Gasteiger partial charge is 0.252 e. The number of carbonyl (C=O) groups is 1. The number of anilines is 1. The van der Waals surface area contributed by atoms with Crippen LogP contribution < -0.4 is 11.1 Å². The molecule has 1 aromatic carbocycles. The third kappa shape index (κ3) is 4.91. The molecule has 0 aliphatic carbocycles. The van der Waals surface area contributed by atoms with Gasteiger partial charge in [0.2, 0.25) is 0 Å². The number of hydrogen-bond acceptors (Lipinski definition) is 4. The summed E-state index contributed by atoms with van der Waals surface area (Å²) in [6, 6.07) is 4.78. The Morgan fingerprint density at radius 3 is 2.83 bits per heavy atom. The Morgan fingerprint density at radius 2 is 2.17 bits per heavy atom. The first kappa shape index (κ1) is 14.8. The molecule has 0 aliphatic rings. The lowest BCUT2D eigenvalue weighted by atomic mass is 10.2. The van der Waals surface area contributed by atoms with E-state index in [1.54, 1.807) is 25.3 Å². The molecule has 1 amide bonds. The van der Waals surface area contributed by atoms with Crippen molar-refractivity contribution < 1.29 is 14.3 Å². The Kier molecular flexibility index (Phi) is 6.49. The maximum atomic E-state index is 11.7. The van der Waals surface area contributed by atoms with E-state index in [4.69, 9.17) is 26.8 Å². The fourth-order valence-electron chi connectivity index (χ4n) is 1.29. The van der Waals surface area contributed by atoms with Gasteiger partial charge >= 0.3 is 0 Å². The predicted molar refractivity (Wildman–Crippen MR) is 70.9 cm³/mol. The van der Waals surface area contributed by atoms with Gasteiger partial charge in [0.1, 0.15) is 0 Å². The van der Waals surface area contributed by atoms with Crippen LogP contribution in [0.1, 0.15) is 10.4 Å². The second-order valence-corrected chi connectivity index (χ2v) is 4.01. The van der Waals surface area contributed by atoms with Crippen molar-refractivity contribution in [2.75, 3.05) is 39.2 Å². The second kappa shape index (κ2) is 7.92. The summed E-state index contributed by atoms with van der Waals surface area (Å²) in [5.74, 6) is -0.240. The normalized spacial score (nSPS) is 10.3. The van der Waals surface area contributed by atoms with Crippen LogP contribution in [-0.4, -0.2) is 39.4 Å². The average Bonchev–Trinajstić information content (AvgIpc) is 2.33. The number of methoxy groups -OCH3 is 1. The summed E-state index contributed by atoms with van der Waals surface area (Å²) in [5, 5.41) is 3.05. The van der Waals surface area contributed by atoms with Gasteiger partial charge in [0.25, 0.3) is 5.91 Å². The minimum absolute atomic E-state index is 0.240. The van der Waals surface area contributed by atoms with Crippen LogP contribution in [0, 0.1) is 0 Å². The first-order valence-electron chi connectivity index (χ1n) is 5.55. The van der Waals surface area contributed by atoms with Crippen LogP contribution >= 0.6 is 11.6 Å². The number of rotatable bonds is 7. The van der Waals surface area contributed by atoms with E-state index in [-0.39, 0.29) is 5.91 Å². The Bertz CT molecular complexity index is 399. The molecule has 0 saturated carbocycles. The van der Waals surface area contributed by atoms with E-state index in [1.807, 2.05) is 0 Å². The van der Waals surface area contributed by atoms with Crippen molar-refractivity contribution in [1.29, 1.82) is 0 Å². The lowest BCUT2D eigenvalue weighted by molar-refractivity contribution is 0.0693. The molecule has 0 spiro atoms. The van der Waals surface area contributed by atoms with Gasteiger partial charge in [-0.05, 0) is 18.2 Å². The number of amides is 1. The lowest BCUT2D eigenvalue weighted by Gasteiger charge is -2.07. The molecule has 6 heteroatoms.